The fourth-order valence-electron chi connectivity index (χ4n) is 2.56. The maximum Gasteiger partial charge on any atom is 0.144 e. The topological polar surface area (TPSA) is 71.2 Å². The van der Waals surface area contributed by atoms with Crippen LogP contribution >= 0.6 is 23.2 Å². The van der Waals surface area contributed by atoms with Gasteiger partial charge in [0.25, 0.3) is 0 Å². The molecule has 25 heavy (non-hydrogen) atoms. The number of aromatic hydroxyl groups is 1. The summed E-state index contributed by atoms with van der Waals surface area (Å²) in [4.78, 5) is 0. The van der Waals surface area contributed by atoms with Crippen molar-refractivity contribution in [1.82, 2.24) is 15.0 Å². The molecule has 1 aromatic heterocycles. The maximum atomic E-state index is 13.1. The van der Waals surface area contributed by atoms with Crippen molar-refractivity contribution in [2.45, 2.75) is 18.9 Å². The smallest absolute Gasteiger partial charge is 0.144 e. The van der Waals surface area contributed by atoms with E-state index in [2.05, 4.69) is 10.3 Å². The van der Waals surface area contributed by atoms with Gasteiger partial charge in [0.05, 0.1) is 17.5 Å². The number of nitrogens with zero attached hydrogens (tertiary/aromatic N) is 3. The summed E-state index contributed by atoms with van der Waals surface area (Å²) in [5.74, 6) is -0.814. The van der Waals surface area contributed by atoms with Gasteiger partial charge in [0, 0.05) is 28.1 Å². The van der Waals surface area contributed by atoms with Crippen LogP contribution in [0.1, 0.15) is 18.2 Å². The largest absolute Gasteiger partial charge is 0.506 e. The zero-order chi connectivity index (χ0) is 18.2. The molecule has 0 amide bonds. The van der Waals surface area contributed by atoms with Crippen LogP contribution in [0, 0.1) is 5.82 Å². The summed E-state index contributed by atoms with van der Waals surface area (Å²) in [6.07, 6.45) is 1.68. The highest BCUT2D eigenvalue weighted by Crippen LogP contribution is 2.32. The summed E-state index contributed by atoms with van der Waals surface area (Å²) in [5.41, 5.74) is -0.0327. The number of aromatic nitrogens is 3. The standard InChI is InChI=1S/C17H14Cl2FN3O2/c1-17(25,13-4-2-10(18)6-14(13)19)8-12-9-23(22-21-12)15-5-3-11(20)7-16(15)24/h2-7,9,24-25H,8H2,1H3. The van der Waals surface area contributed by atoms with E-state index in [-0.39, 0.29) is 17.9 Å². The molecule has 0 radical (unpaired) electrons. The lowest BCUT2D eigenvalue weighted by atomic mass is 9.91. The number of phenols is 1. The number of hydrogen-bond acceptors (Lipinski definition) is 4. The van der Waals surface area contributed by atoms with E-state index in [4.69, 9.17) is 23.2 Å². The van der Waals surface area contributed by atoms with Crippen LogP contribution in [0.2, 0.25) is 10.0 Å². The van der Waals surface area contributed by atoms with Gasteiger partial charge in [-0.2, -0.15) is 0 Å². The van der Waals surface area contributed by atoms with Crippen LogP contribution < -0.4 is 0 Å². The molecule has 0 saturated carbocycles. The highest BCUT2D eigenvalue weighted by atomic mass is 35.5. The molecule has 1 unspecified atom stereocenters. The summed E-state index contributed by atoms with van der Waals surface area (Å²) in [6, 6.07) is 8.43. The number of benzene rings is 2. The number of hydrogen-bond donors (Lipinski definition) is 2. The third kappa shape index (κ3) is 3.76. The molecule has 1 heterocycles. The third-order valence-corrected chi connectivity index (χ3v) is 4.31. The molecule has 3 rings (SSSR count). The van der Waals surface area contributed by atoms with Gasteiger partial charge < -0.3 is 10.2 Å². The van der Waals surface area contributed by atoms with Crippen LogP contribution in [0.5, 0.6) is 5.75 Å². The van der Waals surface area contributed by atoms with Crippen molar-refractivity contribution in [2.75, 3.05) is 0 Å². The summed E-state index contributed by atoms with van der Waals surface area (Å²) in [6.45, 7) is 1.61. The monoisotopic (exact) mass is 381 g/mol. The van der Waals surface area contributed by atoms with Crippen molar-refractivity contribution >= 4 is 23.2 Å². The molecular formula is C17H14Cl2FN3O2. The van der Waals surface area contributed by atoms with Gasteiger partial charge in [0.15, 0.2) is 0 Å². The van der Waals surface area contributed by atoms with Gasteiger partial charge in [0.1, 0.15) is 17.3 Å². The first kappa shape index (κ1) is 17.7. The van der Waals surface area contributed by atoms with Crippen molar-refractivity contribution in [3.63, 3.8) is 0 Å². The van der Waals surface area contributed by atoms with E-state index < -0.39 is 11.4 Å². The summed E-state index contributed by atoms with van der Waals surface area (Å²) in [7, 11) is 0. The second-order valence-corrected chi connectivity index (χ2v) is 6.71. The first-order valence-electron chi connectivity index (χ1n) is 7.34. The Labute approximate surface area is 153 Å². The fraction of sp³-hybridized carbons (Fsp3) is 0.176. The van der Waals surface area contributed by atoms with Crippen LogP contribution in [0.25, 0.3) is 5.69 Å². The number of aliphatic hydroxyl groups is 1. The molecule has 0 fully saturated rings. The Bertz CT molecular complexity index is 928. The van der Waals surface area contributed by atoms with Crippen LogP contribution in [0.3, 0.4) is 0 Å². The van der Waals surface area contributed by atoms with Gasteiger partial charge in [-0.25, -0.2) is 9.07 Å². The van der Waals surface area contributed by atoms with Gasteiger partial charge in [-0.3, -0.25) is 0 Å². The average Bonchev–Trinajstić information content (AvgIpc) is 2.94. The highest BCUT2D eigenvalue weighted by molar-refractivity contribution is 6.35. The predicted molar refractivity (Wildman–Crippen MR) is 92.7 cm³/mol. The van der Waals surface area contributed by atoms with Crippen LogP contribution in [-0.4, -0.2) is 25.2 Å². The lowest BCUT2D eigenvalue weighted by Gasteiger charge is -2.24. The molecular weight excluding hydrogens is 368 g/mol. The average molecular weight is 382 g/mol. The van der Waals surface area contributed by atoms with E-state index in [0.29, 0.717) is 21.3 Å². The Kier molecular flexibility index (Phi) is 4.69. The maximum absolute atomic E-state index is 13.1. The van der Waals surface area contributed by atoms with Crippen molar-refractivity contribution in [2.24, 2.45) is 0 Å². The molecule has 0 spiro atoms. The zero-order valence-electron chi connectivity index (χ0n) is 13.1. The van der Waals surface area contributed by atoms with E-state index in [0.717, 1.165) is 6.07 Å². The van der Waals surface area contributed by atoms with Gasteiger partial charge in [0.2, 0.25) is 0 Å². The molecule has 8 heteroatoms. The van der Waals surface area contributed by atoms with Crippen molar-refractivity contribution in [3.8, 4) is 11.4 Å². The molecule has 5 nitrogen and oxygen atoms in total. The first-order chi connectivity index (χ1) is 11.8. The first-order valence-corrected chi connectivity index (χ1v) is 8.10. The predicted octanol–water partition coefficient (Wildman–Crippen LogP) is 3.87. The Morgan fingerprint density at radius 1 is 1.20 bits per heavy atom. The van der Waals surface area contributed by atoms with E-state index in [1.807, 2.05) is 0 Å². The van der Waals surface area contributed by atoms with Crippen molar-refractivity contribution in [3.05, 3.63) is 69.7 Å². The summed E-state index contributed by atoms with van der Waals surface area (Å²) in [5, 5.41) is 29.3. The Morgan fingerprint density at radius 3 is 2.64 bits per heavy atom. The summed E-state index contributed by atoms with van der Waals surface area (Å²) < 4.78 is 14.4. The molecule has 0 aliphatic rings. The lowest BCUT2D eigenvalue weighted by Crippen LogP contribution is -2.25. The zero-order valence-corrected chi connectivity index (χ0v) is 14.6. The second-order valence-electron chi connectivity index (χ2n) is 5.86. The van der Waals surface area contributed by atoms with E-state index in [9.17, 15) is 14.6 Å². The fourth-order valence-corrected chi connectivity index (χ4v) is 3.17. The van der Waals surface area contributed by atoms with Gasteiger partial charge >= 0.3 is 0 Å². The molecule has 0 aliphatic carbocycles. The van der Waals surface area contributed by atoms with Crippen molar-refractivity contribution < 1.29 is 14.6 Å². The number of rotatable bonds is 4. The van der Waals surface area contributed by atoms with Gasteiger partial charge in [-0.15, -0.1) is 5.10 Å². The molecule has 0 aliphatic heterocycles. The van der Waals surface area contributed by atoms with Crippen LogP contribution in [0.15, 0.2) is 42.6 Å². The molecule has 1 atom stereocenters. The molecule has 2 N–H and O–H groups in total. The van der Waals surface area contributed by atoms with Gasteiger partial charge in [-0.1, -0.05) is 34.5 Å². The minimum Gasteiger partial charge on any atom is -0.506 e. The second kappa shape index (κ2) is 6.63. The minimum atomic E-state index is -1.30. The normalized spacial score (nSPS) is 13.6. The highest BCUT2D eigenvalue weighted by Gasteiger charge is 2.28. The molecule has 3 aromatic rings. The Morgan fingerprint density at radius 2 is 1.96 bits per heavy atom. The lowest BCUT2D eigenvalue weighted by molar-refractivity contribution is 0.0567. The summed E-state index contributed by atoms with van der Waals surface area (Å²) >= 11 is 12.0. The quantitative estimate of drug-likeness (QED) is 0.719. The molecule has 0 saturated heterocycles. The third-order valence-electron chi connectivity index (χ3n) is 3.76. The SMILES string of the molecule is CC(O)(Cc1cn(-c2ccc(F)cc2O)nn1)c1ccc(Cl)cc1Cl. The van der Waals surface area contributed by atoms with Crippen molar-refractivity contribution in [1.29, 1.82) is 0 Å². The van der Waals surface area contributed by atoms with Crippen LogP contribution in [0.4, 0.5) is 4.39 Å². The van der Waals surface area contributed by atoms with E-state index >= 15 is 0 Å². The molecule has 130 valence electrons. The Balaban J connectivity index is 1.87. The van der Waals surface area contributed by atoms with E-state index in [1.54, 1.807) is 31.3 Å². The minimum absolute atomic E-state index is 0.135. The molecule has 2 aromatic carbocycles. The van der Waals surface area contributed by atoms with E-state index in [1.165, 1.54) is 16.8 Å². The number of halogens is 3. The number of phenolic OH excluding ortho intramolecular Hbond substituents is 1. The van der Waals surface area contributed by atoms with Gasteiger partial charge in [-0.05, 0) is 31.2 Å². The van der Waals surface area contributed by atoms with Crippen LogP contribution in [-0.2, 0) is 12.0 Å². The Hall–Kier alpha value is -2.15. The molecule has 0 bridgehead atoms.